The minimum absolute atomic E-state index is 0.283. The summed E-state index contributed by atoms with van der Waals surface area (Å²) in [4.78, 5) is 0. The zero-order valence-corrected chi connectivity index (χ0v) is 20.0. The lowest BCUT2D eigenvalue weighted by Gasteiger charge is -2.21. The Balaban J connectivity index is 0.000000220. The number of aryl methyl sites for hydroxylation is 4. The maximum atomic E-state index is 2.25. The lowest BCUT2D eigenvalue weighted by molar-refractivity contribution is 0.586. The van der Waals surface area contributed by atoms with Gasteiger partial charge in [0.05, 0.1) is 0 Å². The topological polar surface area (TPSA) is 0 Å². The van der Waals surface area contributed by atoms with Crippen molar-refractivity contribution in [2.45, 2.75) is 73.6 Å². The average Bonchev–Trinajstić information content (AvgIpc) is 2.65. The van der Waals surface area contributed by atoms with Gasteiger partial charge in [-0.2, -0.15) is 0 Å². The zero-order valence-electron chi connectivity index (χ0n) is 20.0. The van der Waals surface area contributed by atoms with Crippen LogP contribution in [0.5, 0.6) is 0 Å². The van der Waals surface area contributed by atoms with E-state index >= 15 is 0 Å². The Morgan fingerprint density at radius 2 is 0.966 bits per heavy atom. The van der Waals surface area contributed by atoms with Crippen LogP contribution in [0.2, 0.25) is 0 Å². The molecule has 3 rings (SSSR count). The van der Waals surface area contributed by atoms with Crippen LogP contribution in [0.3, 0.4) is 0 Å². The molecule has 0 heteroatoms. The van der Waals surface area contributed by atoms with Crippen LogP contribution in [0.4, 0.5) is 0 Å². The number of hydrogen-bond donors (Lipinski definition) is 0. The summed E-state index contributed by atoms with van der Waals surface area (Å²) < 4.78 is 0. The van der Waals surface area contributed by atoms with Crippen molar-refractivity contribution in [1.82, 2.24) is 0 Å². The van der Waals surface area contributed by atoms with E-state index in [4.69, 9.17) is 0 Å². The fourth-order valence-corrected chi connectivity index (χ4v) is 3.29. The second kappa shape index (κ2) is 11.6. The molecule has 0 N–H and O–H groups in total. The number of hydrogen-bond acceptors (Lipinski definition) is 0. The number of benzene rings is 3. The van der Waals surface area contributed by atoms with E-state index in [1.807, 2.05) is 0 Å². The Morgan fingerprint density at radius 1 is 0.552 bits per heavy atom. The van der Waals surface area contributed by atoms with Gasteiger partial charge in [0.1, 0.15) is 0 Å². The third-order valence-corrected chi connectivity index (χ3v) is 4.98. The summed E-state index contributed by atoms with van der Waals surface area (Å²) in [5, 5.41) is 0. The van der Waals surface area contributed by atoms with Crippen molar-refractivity contribution in [3.8, 4) is 0 Å². The van der Waals surface area contributed by atoms with E-state index in [0.29, 0.717) is 5.92 Å². The van der Waals surface area contributed by atoms with Crippen molar-refractivity contribution in [3.05, 3.63) is 106 Å². The monoisotopic (exact) mass is 388 g/mol. The molecule has 0 bridgehead atoms. The first-order valence-corrected chi connectivity index (χ1v) is 10.7. The maximum Gasteiger partial charge on any atom is -0.0129 e. The summed E-state index contributed by atoms with van der Waals surface area (Å²) in [6.07, 6.45) is 0. The Hall–Kier alpha value is -2.34. The summed E-state index contributed by atoms with van der Waals surface area (Å²) in [7, 11) is 0. The molecule has 0 atom stereocenters. The summed E-state index contributed by atoms with van der Waals surface area (Å²) in [6.45, 7) is 19.7. The molecule has 0 heterocycles. The molecule has 156 valence electrons. The summed E-state index contributed by atoms with van der Waals surface area (Å²) in [5.41, 5.74) is 8.64. The summed E-state index contributed by atoms with van der Waals surface area (Å²) in [6, 6.07) is 25.6. The van der Waals surface area contributed by atoms with Gasteiger partial charge in [0, 0.05) is 0 Å². The van der Waals surface area contributed by atoms with Crippen molar-refractivity contribution >= 4 is 0 Å². The van der Waals surface area contributed by atoms with Crippen molar-refractivity contribution in [1.29, 1.82) is 0 Å². The van der Waals surface area contributed by atoms with Crippen molar-refractivity contribution in [3.63, 3.8) is 0 Å². The minimum atomic E-state index is 0.283. The Bertz CT molecular complexity index is 825. The van der Waals surface area contributed by atoms with E-state index in [1.54, 1.807) is 0 Å². The molecular weight excluding hydrogens is 348 g/mol. The first kappa shape index (κ1) is 24.7. The van der Waals surface area contributed by atoms with E-state index in [-0.39, 0.29) is 5.41 Å². The summed E-state index contributed by atoms with van der Waals surface area (Å²) >= 11 is 0. The van der Waals surface area contributed by atoms with E-state index in [1.165, 1.54) is 33.4 Å². The molecule has 0 saturated heterocycles. The van der Waals surface area contributed by atoms with Gasteiger partial charge in [0.15, 0.2) is 0 Å². The summed E-state index contributed by atoms with van der Waals surface area (Å²) in [5.74, 6) is 0.654. The third kappa shape index (κ3) is 9.13. The van der Waals surface area contributed by atoms with E-state index in [9.17, 15) is 0 Å². The minimum Gasteiger partial charge on any atom is -0.0620 e. The van der Waals surface area contributed by atoms with Crippen LogP contribution >= 0.6 is 0 Å². The molecule has 3 aromatic rings. The van der Waals surface area contributed by atoms with Crippen LogP contribution in [0.15, 0.2) is 72.8 Å². The molecule has 0 nitrogen and oxygen atoms in total. The molecule has 0 unspecified atom stereocenters. The van der Waals surface area contributed by atoms with Crippen LogP contribution in [-0.2, 0) is 5.41 Å². The van der Waals surface area contributed by atoms with Crippen molar-refractivity contribution in [2.24, 2.45) is 0 Å². The standard InChI is InChI=1S/C11H16.C10H14.C8H10/c1-9-7-5-6-8-10(9)11(2,3)4;1-8(2)10-7-5-4-6-9(10)3;1-7-3-5-8(2)6-4-7/h5-8H,1-4H3;4-8H,1-3H3;3-6H,1-2H3. The Labute approximate surface area is 180 Å². The van der Waals surface area contributed by atoms with Crippen LogP contribution < -0.4 is 0 Å². The Kier molecular flexibility index (Phi) is 9.89. The van der Waals surface area contributed by atoms with Gasteiger partial charge >= 0.3 is 0 Å². The first-order valence-electron chi connectivity index (χ1n) is 10.7. The van der Waals surface area contributed by atoms with Gasteiger partial charge in [0.2, 0.25) is 0 Å². The molecule has 0 spiro atoms. The predicted molar refractivity (Wildman–Crippen MR) is 131 cm³/mol. The zero-order chi connectivity index (χ0) is 22.0. The van der Waals surface area contributed by atoms with Gasteiger partial charge in [-0.3, -0.25) is 0 Å². The SMILES string of the molecule is Cc1ccc(C)cc1.Cc1ccccc1C(C)(C)C.Cc1ccccc1C(C)C. The molecule has 0 fully saturated rings. The van der Waals surface area contributed by atoms with Crippen molar-refractivity contribution < 1.29 is 0 Å². The molecule has 0 radical (unpaired) electrons. The van der Waals surface area contributed by atoms with Crippen LogP contribution in [-0.4, -0.2) is 0 Å². The van der Waals surface area contributed by atoms with Crippen LogP contribution in [0, 0.1) is 27.7 Å². The van der Waals surface area contributed by atoms with Gasteiger partial charge in [-0.25, -0.2) is 0 Å². The lowest BCUT2D eigenvalue weighted by atomic mass is 9.84. The largest absolute Gasteiger partial charge is 0.0620 e. The lowest BCUT2D eigenvalue weighted by Crippen LogP contribution is -2.12. The molecule has 0 aromatic heterocycles. The third-order valence-electron chi connectivity index (χ3n) is 4.98. The molecule has 0 amide bonds. The van der Waals surface area contributed by atoms with Gasteiger partial charge in [-0.15, -0.1) is 0 Å². The molecule has 0 saturated carbocycles. The molecular formula is C29H40. The number of rotatable bonds is 1. The van der Waals surface area contributed by atoms with E-state index in [0.717, 1.165) is 0 Å². The quantitative estimate of drug-likeness (QED) is 0.391. The van der Waals surface area contributed by atoms with E-state index in [2.05, 4.69) is 135 Å². The van der Waals surface area contributed by atoms with Crippen molar-refractivity contribution in [2.75, 3.05) is 0 Å². The Morgan fingerprint density at radius 3 is 1.28 bits per heavy atom. The highest BCUT2D eigenvalue weighted by atomic mass is 14.2. The van der Waals surface area contributed by atoms with Crippen LogP contribution in [0.25, 0.3) is 0 Å². The second-order valence-corrected chi connectivity index (χ2v) is 9.23. The normalized spacial score (nSPS) is 10.6. The molecule has 0 aliphatic heterocycles. The first-order chi connectivity index (χ1) is 13.5. The predicted octanol–water partition coefficient (Wildman–Crippen LogP) is 8.71. The highest BCUT2D eigenvalue weighted by Crippen LogP contribution is 2.24. The van der Waals surface area contributed by atoms with Gasteiger partial charge in [-0.05, 0) is 61.3 Å². The highest BCUT2D eigenvalue weighted by Gasteiger charge is 2.14. The smallest absolute Gasteiger partial charge is 0.0129 e. The fraction of sp³-hybridized carbons (Fsp3) is 0.379. The fourth-order valence-electron chi connectivity index (χ4n) is 3.29. The van der Waals surface area contributed by atoms with Gasteiger partial charge < -0.3 is 0 Å². The second-order valence-electron chi connectivity index (χ2n) is 9.23. The molecule has 3 aromatic carbocycles. The molecule has 0 aliphatic rings. The molecule has 0 aliphatic carbocycles. The van der Waals surface area contributed by atoms with Gasteiger partial charge in [0.25, 0.3) is 0 Å². The highest BCUT2D eigenvalue weighted by molar-refractivity contribution is 5.31. The average molecular weight is 389 g/mol. The maximum absolute atomic E-state index is 2.25. The van der Waals surface area contributed by atoms with E-state index < -0.39 is 0 Å². The van der Waals surface area contributed by atoms with Gasteiger partial charge in [-0.1, -0.05) is 119 Å². The molecule has 29 heavy (non-hydrogen) atoms. The van der Waals surface area contributed by atoms with Crippen LogP contribution in [0.1, 0.15) is 73.9 Å².